The molecule has 1 aromatic carbocycles. The minimum atomic E-state index is -0.354. The number of aromatic amines is 1. The maximum atomic E-state index is 12.7. The molecule has 2 N–H and O–H groups in total. The van der Waals surface area contributed by atoms with Gasteiger partial charge in [0.2, 0.25) is 5.91 Å². The zero-order chi connectivity index (χ0) is 15.8. The second-order valence-corrected chi connectivity index (χ2v) is 5.66. The molecule has 1 atom stereocenters. The molecule has 1 aliphatic rings. The lowest BCUT2D eigenvalue weighted by molar-refractivity contribution is -0.117. The van der Waals surface area contributed by atoms with E-state index in [1.54, 1.807) is 17.3 Å². The van der Waals surface area contributed by atoms with Gasteiger partial charge in [-0.15, -0.1) is 0 Å². The van der Waals surface area contributed by atoms with Crippen molar-refractivity contribution in [3.05, 3.63) is 41.9 Å². The van der Waals surface area contributed by atoms with E-state index in [1.807, 2.05) is 18.2 Å². The summed E-state index contributed by atoms with van der Waals surface area (Å²) in [5.74, 6) is 0.552. The summed E-state index contributed by atoms with van der Waals surface area (Å²) in [6.07, 6.45) is 3.65. The molecule has 8 heteroatoms. The van der Waals surface area contributed by atoms with Crippen molar-refractivity contribution < 1.29 is 4.79 Å². The summed E-state index contributed by atoms with van der Waals surface area (Å²) >= 11 is 6.19. The fourth-order valence-corrected chi connectivity index (χ4v) is 3.00. The van der Waals surface area contributed by atoms with Gasteiger partial charge in [0, 0.05) is 6.54 Å². The average molecular weight is 329 g/mol. The Balaban J connectivity index is 1.59. The first-order chi connectivity index (χ1) is 11.2. The van der Waals surface area contributed by atoms with Crippen molar-refractivity contribution in [1.82, 2.24) is 19.9 Å². The number of H-pyrrole nitrogens is 1. The van der Waals surface area contributed by atoms with Gasteiger partial charge in [-0.25, -0.2) is 15.0 Å². The standard InChI is InChI=1S/C15H13ClN6O/c16-9-3-1-2-4-11(9)22-6-5-10(15(22)23)21-14-12-13(18-7-17-12)19-8-20-14/h1-4,7-8,10H,5-6H2,(H2,17,18,19,20,21)/t10-/m1/s1. The molecule has 0 bridgehead atoms. The van der Waals surface area contributed by atoms with Crippen LogP contribution < -0.4 is 10.2 Å². The fourth-order valence-electron chi connectivity index (χ4n) is 2.76. The number of halogens is 1. The van der Waals surface area contributed by atoms with Crippen molar-refractivity contribution in [1.29, 1.82) is 0 Å². The van der Waals surface area contributed by atoms with Crippen LogP contribution in [0.25, 0.3) is 11.2 Å². The maximum Gasteiger partial charge on any atom is 0.249 e. The Morgan fingerprint density at radius 2 is 2.13 bits per heavy atom. The number of aromatic nitrogens is 4. The van der Waals surface area contributed by atoms with Gasteiger partial charge >= 0.3 is 0 Å². The number of fused-ring (bicyclic) bond motifs is 1. The van der Waals surface area contributed by atoms with Crippen molar-refractivity contribution in [2.75, 3.05) is 16.8 Å². The molecule has 23 heavy (non-hydrogen) atoms. The average Bonchev–Trinajstić information content (AvgIpc) is 3.17. The predicted octanol–water partition coefficient (Wildman–Crippen LogP) is 2.22. The van der Waals surface area contributed by atoms with Gasteiger partial charge in [0.15, 0.2) is 11.5 Å². The van der Waals surface area contributed by atoms with Crippen LogP contribution in [0, 0.1) is 0 Å². The predicted molar refractivity (Wildman–Crippen MR) is 87.5 cm³/mol. The van der Waals surface area contributed by atoms with E-state index in [9.17, 15) is 4.79 Å². The Bertz CT molecular complexity index is 879. The van der Waals surface area contributed by atoms with Crippen molar-refractivity contribution in [3.8, 4) is 0 Å². The normalized spacial score (nSPS) is 17.9. The van der Waals surface area contributed by atoms with Crippen molar-refractivity contribution >= 4 is 40.2 Å². The summed E-state index contributed by atoms with van der Waals surface area (Å²) in [4.78, 5) is 29.7. The largest absolute Gasteiger partial charge is 0.356 e. The summed E-state index contributed by atoms with van der Waals surface area (Å²) in [6.45, 7) is 0.609. The molecule has 0 aliphatic carbocycles. The first-order valence-electron chi connectivity index (χ1n) is 7.20. The monoisotopic (exact) mass is 328 g/mol. The van der Waals surface area contributed by atoms with Gasteiger partial charge in [-0.3, -0.25) is 4.79 Å². The van der Waals surface area contributed by atoms with E-state index in [0.717, 1.165) is 5.69 Å². The molecule has 3 heterocycles. The van der Waals surface area contributed by atoms with Crippen LogP contribution >= 0.6 is 11.6 Å². The van der Waals surface area contributed by atoms with Gasteiger partial charge < -0.3 is 15.2 Å². The van der Waals surface area contributed by atoms with Crippen molar-refractivity contribution in [2.24, 2.45) is 0 Å². The van der Waals surface area contributed by atoms with E-state index >= 15 is 0 Å². The summed E-state index contributed by atoms with van der Waals surface area (Å²) in [5.41, 5.74) is 1.99. The Kier molecular flexibility index (Phi) is 3.34. The van der Waals surface area contributed by atoms with Gasteiger partial charge in [-0.05, 0) is 18.6 Å². The van der Waals surface area contributed by atoms with Crippen LogP contribution in [0.15, 0.2) is 36.9 Å². The molecule has 1 saturated heterocycles. The summed E-state index contributed by atoms with van der Waals surface area (Å²) < 4.78 is 0. The van der Waals surface area contributed by atoms with Gasteiger partial charge in [0.05, 0.1) is 17.0 Å². The number of rotatable bonds is 3. The van der Waals surface area contributed by atoms with Crippen LogP contribution in [-0.4, -0.2) is 38.4 Å². The number of hydrogen-bond donors (Lipinski definition) is 2. The number of nitrogens with one attached hydrogen (secondary N) is 2. The number of carbonyl (C=O) groups excluding carboxylic acids is 1. The van der Waals surface area contributed by atoms with Gasteiger partial charge in [-0.1, -0.05) is 23.7 Å². The molecule has 1 fully saturated rings. The summed E-state index contributed by atoms with van der Waals surface area (Å²) in [7, 11) is 0. The van der Waals surface area contributed by atoms with Crippen LogP contribution in [0.5, 0.6) is 0 Å². The van der Waals surface area contributed by atoms with Crippen molar-refractivity contribution in [3.63, 3.8) is 0 Å². The molecule has 2 aromatic heterocycles. The zero-order valence-corrected chi connectivity index (χ0v) is 12.8. The van der Waals surface area contributed by atoms with E-state index < -0.39 is 0 Å². The molecule has 1 aliphatic heterocycles. The first-order valence-corrected chi connectivity index (χ1v) is 7.58. The summed E-state index contributed by atoms with van der Waals surface area (Å²) in [6, 6.07) is 6.99. The number of imidazole rings is 1. The highest BCUT2D eigenvalue weighted by atomic mass is 35.5. The number of benzene rings is 1. The lowest BCUT2D eigenvalue weighted by Crippen LogP contribution is -2.33. The quantitative estimate of drug-likeness (QED) is 0.770. The summed E-state index contributed by atoms with van der Waals surface area (Å²) in [5, 5.41) is 3.75. The molecule has 7 nitrogen and oxygen atoms in total. The number of carbonyl (C=O) groups is 1. The highest BCUT2D eigenvalue weighted by Gasteiger charge is 2.34. The Morgan fingerprint density at radius 3 is 3.00 bits per heavy atom. The van der Waals surface area contributed by atoms with E-state index in [2.05, 4.69) is 25.3 Å². The molecule has 1 amide bonds. The van der Waals surface area contributed by atoms with Gasteiger partial charge in [0.1, 0.15) is 17.9 Å². The lowest BCUT2D eigenvalue weighted by Gasteiger charge is -2.18. The molecule has 0 spiro atoms. The Labute approximate surface area is 136 Å². The number of nitrogens with zero attached hydrogens (tertiary/aromatic N) is 4. The number of para-hydroxylation sites is 1. The molecule has 3 aromatic rings. The first kappa shape index (κ1) is 14.0. The second-order valence-electron chi connectivity index (χ2n) is 5.25. The highest BCUT2D eigenvalue weighted by molar-refractivity contribution is 6.34. The fraction of sp³-hybridized carbons (Fsp3) is 0.200. The molecule has 0 unspecified atom stereocenters. The van der Waals surface area contributed by atoms with E-state index in [0.29, 0.717) is 35.0 Å². The molecule has 0 saturated carbocycles. The molecule has 4 rings (SSSR count). The van der Waals surface area contributed by atoms with Crippen LogP contribution in [0.1, 0.15) is 6.42 Å². The highest BCUT2D eigenvalue weighted by Crippen LogP contribution is 2.30. The minimum Gasteiger partial charge on any atom is -0.356 e. The van der Waals surface area contributed by atoms with Gasteiger partial charge in [-0.2, -0.15) is 0 Å². The second kappa shape index (κ2) is 5.51. The Hall–Kier alpha value is -2.67. The lowest BCUT2D eigenvalue weighted by atomic mass is 10.2. The van der Waals surface area contributed by atoms with E-state index in [4.69, 9.17) is 11.6 Å². The third-order valence-corrected chi connectivity index (χ3v) is 4.20. The smallest absolute Gasteiger partial charge is 0.249 e. The topological polar surface area (TPSA) is 86.8 Å². The van der Waals surface area contributed by atoms with E-state index in [-0.39, 0.29) is 11.9 Å². The third-order valence-electron chi connectivity index (χ3n) is 3.88. The minimum absolute atomic E-state index is 0.0237. The third kappa shape index (κ3) is 2.39. The number of hydrogen-bond acceptors (Lipinski definition) is 5. The van der Waals surface area contributed by atoms with Crippen molar-refractivity contribution in [2.45, 2.75) is 12.5 Å². The molecule has 116 valence electrons. The van der Waals surface area contributed by atoms with Gasteiger partial charge in [0.25, 0.3) is 0 Å². The van der Waals surface area contributed by atoms with E-state index in [1.165, 1.54) is 6.33 Å². The number of anilines is 2. The van der Waals surface area contributed by atoms with Crippen LogP contribution in [-0.2, 0) is 4.79 Å². The molecule has 0 radical (unpaired) electrons. The number of amides is 1. The Morgan fingerprint density at radius 1 is 1.26 bits per heavy atom. The molecular formula is C15H13ClN6O. The van der Waals surface area contributed by atoms with Crippen LogP contribution in [0.3, 0.4) is 0 Å². The van der Waals surface area contributed by atoms with Crippen LogP contribution in [0.2, 0.25) is 5.02 Å². The molecular weight excluding hydrogens is 316 g/mol. The maximum absolute atomic E-state index is 12.7. The zero-order valence-electron chi connectivity index (χ0n) is 12.0. The van der Waals surface area contributed by atoms with Crippen LogP contribution in [0.4, 0.5) is 11.5 Å². The SMILES string of the molecule is O=C1[C@H](Nc2ncnc3nc[nH]c23)CCN1c1ccccc1Cl.